The lowest BCUT2D eigenvalue weighted by Crippen LogP contribution is -2.56. The third-order valence-corrected chi connectivity index (χ3v) is 11.5. The number of anilines is 3. The number of likely N-dealkylation sites (tertiary alicyclic amines) is 1. The largest absolute Gasteiger partial charge is 0.489 e. The van der Waals surface area contributed by atoms with Gasteiger partial charge in [0, 0.05) is 68.5 Å². The van der Waals surface area contributed by atoms with E-state index < -0.39 is 6.09 Å². The first-order valence-electron chi connectivity index (χ1n) is 19.8. The van der Waals surface area contributed by atoms with Crippen molar-refractivity contribution in [1.82, 2.24) is 19.8 Å². The molecule has 4 heterocycles. The third-order valence-electron chi connectivity index (χ3n) is 11.5. The summed E-state index contributed by atoms with van der Waals surface area (Å²) in [5.41, 5.74) is 5.31. The smallest absolute Gasteiger partial charge is 0.410 e. The van der Waals surface area contributed by atoms with Gasteiger partial charge in [0.05, 0.1) is 30.8 Å². The molecule has 11 nitrogen and oxygen atoms in total. The van der Waals surface area contributed by atoms with E-state index in [1.165, 1.54) is 11.8 Å². The van der Waals surface area contributed by atoms with Gasteiger partial charge in [0.15, 0.2) is 0 Å². The van der Waals surface area contributed by atoms with Crippen LogP contribution in [0.15, 0.2) is 97.1 Å². The zero-order chi connectivity index (χ0) is 38.4. The Labute approximate surface area is 329 Å². The molecule has 3 aliphatic heterocycles. The Morgan fingerprint density at radius 2 is 1.62 bits per heavy atom. The number of nitrogens with zero attached hydrogens (tertiary/aromatic N) is 8. The Morgan fingerprint density at radius 1 is 0.875 bits per heavy atom. The van der Waals surface area contributed by atoms with Crippen LogP contribution in [0.2, 0.25) is 0 Å². The SMILES string of the molecule is CN(C[C@@H]1CCCN1C)c1nc2c(c(N3CCN(C(=O)OCc4ccccc4)[C@@H](CC#N)C3)n1)CCN(c1cc(OCc3ccccc3)cc3ccccc13)C2. The quantitative estimate of drug-likeness (QED) is 0.140. The van der Waals surface area contributed by atoms with E-state index in [4.69, 9.17) is 19.4 Å². The van der Waals surface area contributed by atoms with Crippen molar-refractivity contribution in [2.75, 3.05) is 68.1 Å². The van der Waals surface area contributed by atoms with Crippen molar-refractivity contribution in [2.45, 2.75) is 57.5 Å². The van der Waals surface area contributed by atoms with E-state index >= 15 is 0 Å². The minimum Gasteiger partial charge on any atom is -0.489 e. The lowest BCUT2D eigenvalue weighted by Gasteiger charge is -2.42. The molecule has 2 saturated heterocycles. The Balaban J connectivity index is 1.08. The monoisotopic (exact) mass is 750 g/mol. The number of carbonyl (C=O) groups is 1. The van der Waals surface area contributed by atoms with Gasteiger partial charge < -0.3 is 34.0 Å². The van der Waals surface area contributed by atoms with Gasteiger partial charge >= 0.3 is 6.09 Å². The van der Waals surface area contributed by atoms with Crippen molar-refractivity contribution in [2.24, 2.45) is 0 Å². The van der Waals surface area contributed by atoms with Crippen LogP contribution in [0.5, 0.6) is 5.75 Å². The lowest BCUT2D eigenvalue weighted by atomic mass is 10.0. The average Bonchev–Trinajstić information content (AvgIpc) is 3.65. The molecule has 4 aromatic carbocycles. The van der Waals surface area contributed by atoms with Crippen LogP contribution in [-0.4, -0.2) is 91.3 Å². The van der Waals surface area contributed by atoms with Crippen LogP contribution in [0.1, 0.15) is 41.6 Å². The van der Waals surface area contributed by atoms with Gasteiger partial charge in [-0.3, -0.25) is 0 Å². The highest BCUT2D eigenvalue weighted by atomic mass is 16.6. The third kappa shape index (κ3) is 8.21. The fraction of sp³-hybridized carbons (Fsp3) is 0.378. The number of rotatable bonds is 11. The molecule has 1 aromatic heterocycles. The maximum atomic E-state index is 13.4. The number of ether oxygens (including phenoxy) is 2. The number of hydrogen-bond donors (Lipinski definition) is 0. The molecular weight excluding hydrogens is 701 g/mol. The number of benzene rings is 4. The van der Waals surface area contributed by atoms with Gasteiger partial charge in [0.2, 0.25) is 5.95 Å². The van der Waals surface area contributed by atoms with E-state index in [-0.39, 0.29) is 19.1 Å². The second-order valence-electron chi connectivity index (χ2n) is 15.2. The van der Waals surface area contributed by atoms with Crippen LogP contribution in [0.3, 0.4) is 0 Å². The highest BCUT2D eigenvalue weighted by molar-refractivity contribution is 5.96. The Morgan fingerprint density at radius 3 is 2.38 bits per heavy atom. The molecule has 2 atom stereocenters. The highest BCUT2D eigenvalue weighted by Crippen LogP contribution is 2.37. The van der Waals surface area contributed by atoms with Crippen molar-refractivity contribution < 1.29 is 14.3 Å². The maximum Gasteiger partial charge on any atom is 0.410 e. The number of amides is 1. The molecule has 1 amide bonds. The van der Waals surface area contributed by atoms with Crippen molar-refractivity contribution in [3.05, 3.63) is 119 Å². The van der Waals surface area contributed by atoms with E-state index in [2.05, 4.69) is 88.3 Å². The minimum absolute atomic E-state index is 0.193. The molecule has 288 valence electrons. The Bertz CT molecular complexity index is 2180. The van der Waals surface area contributed by atoms with Gasteiger partial charge in [-0.1, -0.05) is 84.9 Å². The van der Waals surface area contributed by atoms with Crippen LogP contribution in [0, 0.1) is 11.3 Å². The number of likely N-dealkylation sites (N-methyl/N-ethyl adjacent to an activating group) is 2. The lowest BCUT2D eigenvalue weighted by molar-refractivity contribution is 0.0768. The molecule has 0 unspecified atom stereocenters. The fourth-order valence-electron chi connectivity index (χ4n) is 8.36. The topological polar surface area (TPSA) is 101 Å². The summed E-state index contributed by atoms with van der Waals surface area (Å²) in [6.45, 7) is 5.53. The summed E-state index contributed by atoms with van der Waals surface area (Å²) in [5, 5.41) is 12.2. The van der Waals surface area contributed by atoms with E-state index in [1.807, 2.05) is 48.5 Å². The molecule has 3 aliphatic rings. The Kier molecular flexibility index (Phi) is 11.2. The molecule has 0 aliphatic carbocycles. The zero-order valence-corrected chi connectivity index (χ0v) is 32.4. The van der Waals surface area contributed by atoms with E-state index in [1.54, 1.807) is 4.90 Å². The van der Waals surface area contributed by atoms with Crippen molar-refractivity contribution in [3.8, 4) is 11.8 Å². The van der Waals surface area contributed by atoms with Gasteiger partial charge in [0.1, 0.15) is 24.8 Å². The highest BCUT2D eigenvalue weighted by Gasteiger charge is 2.35. The first kappa shape index (κ1) is 37.1. The van der Waals surface area contributed by atoms with Gasteiger partial charge in [-0.25, -0.2) is 9.78 Å². The number of carbonyl (C=O) groups excluding carboxylic acids is 1. The van der Waals surface area contributed by atoms with Crippen molar-refractivity contribution in [3.63, 3.8) is 0 Å². The van der Waals surface area contributed by atoms with Crippen LogP contribution in [-0.2, 0) is 30.9 Å². The van der Waals surface area contributed by atoms with Crippen LogP contribution in [0.4, 0.5) is 22.2 Å². The molecule has 0 N–H and O–H groups in total. The molecule has 0 spiro atoms. The molecule has 0 saturated carbocycles. The number of piperazine rings is 1. The van der Waals surface area contributed by atoms with E-state index in [0.29, 0.717) is 44.8 Å². The van der Waals surface area contributed by atoms with E-state index in [0.717, 1.165) is 77.5 Å². The molecule has 5 aromatic rings. The summed E-state index contributed by atoms with van der Waals surface area (Å²) < 4.78 is 12.1. The number of fused-ring (bicyclic) bond motifs is 2. The van der Waals surface area contributed by atoms with Gasteiger partial charge in [-0.15, -0.1) is 0 Å². The number of nitriles is 1. The Hall–Kier alpha value is -5.86. The molecule has 8 rings (SSSR count). The summed E-state index contributed by atoms with van der Waals surface area (Å²) in [6, 6.07) is 35.2. The summed E-state index contributed by atoms with van der Waals surface area (Å²) in [6.07, 6.45) is 2.92. The first-order chi connectivity index (χ1) is 27.4. The van der Waals surface area contributed by atoms with Crippen molar-refractivity contribution >= 4 is 34.3 Å². The second kappa shape index (κ2) is 16.9. The van der Waals surface area contributed by atoms with Gasteiger partial charge in [0.25, 0.3) is 0 Å². The molecular formula is C45H50N8O3. The van der Waals surface area contributed by atoms with Gasteiger partial charge in [-0.05, 0) is 55.4 Å². The predicted molar refractivity (Wildman–Crippen MR) is 220 cm³/mol. The van der Waals surface area contributed by atoms with Crippen LogP contribution >= 0.6 is 0 Å². The molecule has 11 heteroatoms. The minimum atomic E-state index is -0.391. The standard InChI is InChI=1S/C45H50N8O3/c1-49-22-11-17-36(49)28-50(2)44-47-41-30-51(42-27-38(26-35-16-9-10-18-39(35)42)55-31-33-12-5-3-6-13-33)23-20-40(41)43(48-44)52-24-25-53(37(29-52)19-21-46)45(54)56-32-34-14-7-4-8-15-34/h3-10,12-16,18,26-27,36-37H,11,17,19-20,22-25,28-32H2,1-2H3/t36-,37-/m0/s1. The summed E-state index contributed by atoms with van der Waals surface area (Å²) in [4.78, 5) is 35.0. The van der Waals surface area contributed by atoms with Gasteiger partial charge in [-0.2, -0.15) is 10.2 Å². The summed E-state index contributed by atoms with van der Waals surface area (Å²) in [7, 11) is 4.29. The molecule has 0 bridgehead atoms. The first-order valence-corrected chi connectivity index (χ1v) is 19.8. The van der Waals surface area contributed by atoms with E-state index in [9.17, 15) is 10.1 Å². The molecule has 56 heavy (non-hydrogen) atoms. The maximum absolute atomic E-state index is 13.4. The summed E-state index contributed by atoms with van der Waals surface area (Å²) >= 11 is 0. The number of aromatic nitrogens is 2. The summed E-state index contributed by atoms with van der Waals surface area (Å²) in [5.74, 6) is 2.44. The molecule has 0 radical (unpaired) electrons. The molecule has 2 fully saturated rings. The number of hydrogen-bond acceptors (Lipinski definition) is 10. The van der Waals surface area contributed by atoms with Crippen LogP contribution < -0.4 is 19.4 Å². The average molecular weight is 751 g/mol. The fourth-order valence-corrected chi connectivity index (χ4v) is 8.36. The second-order valence-corrected chi connectivity index (χ2v) is 15.2. The van der Waals surface area contributed by atoms with Crippen LogP contribution in [0.25, 0.3) is 10.8 Å². The zero-order valence-electron chi connectivity index (χ0n) is 32.4. The predicted octanol–water partition coefficient (Wildman–Crippen LogP) is 7.04. The van der Waals surface area contributed by atoms with Crippen molar-refractivity contribution in [1.29, 1.82) is 5.26 Å². The normalized spacial score (nSPS) is 18.4.